The maximum absolute atomic E-state index is 3.37. The number of rotatable bonds is 3. The molecule has 0 aliphatic heterocycles. The van der Waals surface area contributed by atoms with Crippen molar-refractivity contribution < 1.29 is 0 Å². The summed E-state index contributed by atoms with van der Waals surface area (Å²) in [5, 5.41) is 2.92. The van der Waals surface area contributed by atoms with E-state index < -0.39 is 0 Å². The van der Waals surface area contributed by atoms with Crippen LogP contribution in [-0.4, -0.2) is 0 Å². The highest BCUT2D eigenvalue weighted by Gasteiger charge is 1.99. The van der Waals surface area contributed by atoms with Gasteiger partial charge in [-0.2, -0.15) is 0 Å². The Morgan fingerprint density at radius 3 is 2.71 bits per heavy atom. The summed E-state index contributed by atoms with van der Waals surface area (Å²) in [4.78, 5) is 0. The third-order valence-corrected chi connectivity index (χ3v) is 3.66. The molecule has 1 radical (unpaired) electrons. The molecule has 0 N–H and O–H groups in total. The van der Waals surface area contributed by atoms with E-state index in [1.54, 1.807) is 5.30 Å². The van der Waals surface area contributed by atoms with Crippen LogP contribution in [0.3, 0.4) is 0 Å². The second-order valence-corrected chi connectivity index (χ2v) is 4.82. The molecular weight excluding hydrogens is 187 g/mol. The van der Waals surface area contributed by atoms with E-state index in [2.05, 4.69) is 49.4 Å². The lowest BCUT2D eigenvalue weighted by atomic mass is 10.2. The molecule has 0 amide bonds. The monoisotopic (exact) mass is 201 g/mol. The van der Waals surface area contributed by atoms with Crippen LogP contribution in [-0.2, 0) is 6.42 Å². The molecule has 0 saturated carbocycles. The summed E-state index contributed by atoms with van der Waals surface area (Å²) in [7, 11) is 0.842. The van der Waals surface area contributed by atoms with Gasteiger partial charge in [-0.3, -0.25) is 0 Å². The quantitative estimate of drug-likeness (QED) is 0.700. The fraction of sp³-hybridized carbons (Fsp3) is 0.231. The van der Waals surface area contributed by atoms with Crippen LogP contribution in [0.25, 0.3) is 10.9 Å². The van der Waals surface area contributed by atoms with Crippen molar-refractivity contribution in [3.8, 4) is 10.9 Å². The van der Waals surface area contributed by atoms with Gasteiger partial charge in [-0.1, -0.05) is 43.7 Å². The van der Waals surface area contributed by atoms with E-state index in [4.69, 9.17) is 0 Å². The van der Waals surface area contributed by atoms with E-state index in [9.17, 15) is 0 Å². The van der Waals surface area contributed by atoms with Crippen molar-refractivity contribution in [2.45, 2.75) is 19.8 Å². The lowest BCUT2D eigenvalue weighted by Gasteiger charge is -1.95. The molecule has 0 saturated heterocycles. The van der Waals surface area contributed by atoms with Crippen LogP contribution in [0.5, 0.6) is 0 Å². The fourth-order valence-electron chi connectivity index (χ4n) is 1.56. The molecule has 0 nitrogen and oxygen atoms in total. The second kappa shape index (κ2) is 4.48. The zero-order chi connectivity index (χ0) is 9.80. The summed E-state index contributed by atoms with van der Waals surface area (Å²) in [6.07, 6.45) is 2.46. The topological polar surface area (TPSA) is 0 Å². The van der Waals surface area contributed by atoms with Crippen LogP contribution >= 0.6 is 8.19 Å². The Hall–Kier alpha value is -1.000. The standard InChI is InChI=1S/C13H14P/c1-2-6-12-9-10-13(14-12)11-7-4-3-5-8-11/h3-5,7-9,14H,2,6H2,1H3. The number of hydrogen-bond donors (Lipinski definition) is 0. The predicted octanol–water partition coefficient (Wildman–Crippen LogP) is 4.14. The van der Waals surface area contributed by atoms with Crippen LogP contribution in [0.2, 0.25) is 0 Å². The molecule has 71 valence electrons. The SMILES string of the molecule is CCCc1c[c]c(-c2ccccc2)[pH]1. The van der Waals surface area contributed by atoms with Gasteiger partial charge in [0.05, 0.1) is 0 Å². The molecule has 0 bridgehead atoms. The van der Waals surface area contributed by atoms with E-state index in [1.807, 2.05) is 0 Å². The minimum Gasteiger partial charge on any atom is -0.128 e. The largest absolute Gasteiger partial charge is 0.128 e. The molecular formula is C13H14P. The van der Waals surface area contributed by atoms with Crippen LogP contribution in [0, 0.1) is 6.07 Å². The Balaban J connectivity index is 2.25. The molecule has 0 aliphatic rings. The van der Waals surface area contributed by atoms with Gasteiger partial charge in [0.25, 0.3) is 0 Å². The molecule has 1 aromatic carbocycles. The predicted molar refractivity (Wildman–Crippen MR) is 64.2 cm³/mol. The molecule has 14 heavy (non-hydrogen) atoms. The Morgan fingerprint density at radius 2 is 2.00 bits per heavy atom. The smallest absolute Gasteiger partial charge is 0.00631 e. The van der Waals surface area contributed by atoms with Crippen molar-refractivity contribution >= 4 is 8.19 Å². The first-order valence-corrected chi connectivity index (χ1v) is 6.05. The Morgan fingerprint density at radius 1 is 1.21 bits per heavy atom. The Labute approximate surface area is 87.1 Å². The Kier molecular flexibility index (Phi) is 3.06. The van der Waals surface area contributed by atoms with Crippen molar-refractivity contribution in [3.05, 3.63) is 47.8 Å². The molecule has 0 spiro atoms. The molecule has 0 aliphatic carbocycles. The maximum Gasteiger partial charge on any atom is 0.00631 e. The summed E-state index contributed by atoms with van der Waals surface area (Å²) < 4.78 is 0. The van der Waals surface area contributed by atoms with Crippen molar-refractivity contribution in [2.75, 3.05) is 0 Å². The highest BCUT2D eigenvalue weighted by molar-refractivity contribution is 7.35. The lowest BCUT2D eigenvalue weighted by Crippen LogP contribution is -1.71. The highest BCUT2D eigenvalue weighted by Crippen LogP contribution is 2.32. The summed E-state index contributed by atoms with van der Waals surface area (Å²) in [6.45, 7) is 2.23. The normalized spacial score (nSPS) is 10.9. The summed E-state index contributed by atoms with van der Waals surface area (Å²) in [5.74, 6) is 0. The third kappa shape index (κ3) is 2.08. The molecule has 1 heteroatoms. The van der Waals surface area contributed by atoms with Gasteiger partial charge in [0.2, 0.25) is 0 Å². The second-order valence-electron chi connectivity index (χ2n) is 3.43. The highest BCUT2D eigenvalue weighted by atomic mass is 31.0. The van der Waals surface area contributed by atoms with Crippen LogP contribution in [0.15, 0.2) is 36.4 Å². The number of benzene rings is 1. The minimum absolute atomic E-state index is 0.842. The van der Waals surface area contributed by atoms with Gasteiger partial charge in [-0.05, 0) is 29.4 Å². The Bertz CT molecular complexity index is 387. The average Bonchev–Trinajstić information content (AvgIpc) is 2.68. The number of hydrogen-bond acceptors (Lipinski definition) is 0. The van der Waals surface area contributed by atoms with E-state index >= 15 is 0 Å². The van der Waals surface area contributed by atoms with Gasteiger partial charge in [-0.25, -0.2) is 0 Å². The zero-order valence-corrected chi connectivity index (χ0v) is 9.38. The van der Waals surface area contributed by atoms with E-state index in [-0.39, 0.29) is 0 Å². The molecule has 1 aromatic heterocycles. The molecule has 1 atom stereocenters. The molecule has 2 rings (SSSR count). The van der Waals surface area contributed by atoms with Gasteiger partial charge in [0.1, 0.15) is 0 Å². The first-order chi connectivity index (χ1) is 6.90. The molecule has 1 unspecified atom stereocenters. The van der Waals surface area contributed by atoms with Crippen LogP contribution in [0.1, 0.15) is 18.6 Å². The van der Waals surface area contributed by atoms with E-state index in [0.29, 0.717) is 0 Å². The van der Waals surface area contributed by atoms with Crippen molar-refractivity contribution in [1.82, 2.24) is 0 Å². The molecule has 1 heterocycles. The van der Waals surface area contributed by atoms with Gasteiger partial charge < -0.3 is 0 Å². The zero-order valence-electron chi connectivity index (χ0n) is 8.38. The van der Waals surface area contributed by atoms with Gasteiger partial charge in [0.15, 0.2) is 0 Å². The third-order valence-electron chi connectivity index (χ3n) is 2.26. The summed E-state index contributed by atoms with van der Waals surface area (Å²) in [6, 6.07) is 16.1. The van der Waals surface area contributed by atoms with Crippen molar-refractivity contribution in [2.24, 2.45) is 0 Å². The van der Waals surface area contributed by atoms with Gasteiger partial charge >= 0.3 is 0 Å². The number of aryl methyl sites for hydroxylation is 1. The molecule has 0 fully saturated rings. The van der Waals surface area contributed by atoms with E-state index in [0.717, 1.165) is 8.19 Å². The maximum atomic E-state index is 3.37. The molecule has 2 aromatic rings. The van der Waals surface area contributed by atoms with Crippen LogP contribution in [0.4, 0.5) is 0 Å². The summed E-state index contributed by atoms with van der Waals surface area (Å²) >= 11 is 0. The first kappa shape index (κ1) is 9.55. The van der Waals surface area contributed by atoms with Crippen molar-refractivity contribution in [3.63, 3.8) is 0 Å². The van der Waals surface area contributed by atoms with Gasteiger partial charge in [-0.15, -0.1) is 8.19 Å². The fourth-order valence-corrected chi connectivity index (χ4v) is 2.85. The lowest BCUT2D eigenvalue weighted by molar-refractivity contribution is 0.940. The summed E-state index contributed by atoms with van der Waals surface area (Å²) in [5.41, 5.74) is 1.33. The van der Waals surface area contributed by atoms with Gasteiger partial charge in [0, 0.05) is 5.30 Å². The van der Waals surface area contributed by atoms with Crippen molar-refractivity contribution in [1.29, 1.82) is 0 Å². The minimum atomic E-state index is 0.842. The average molecular weight is 201 g/mol. The van der Waals surface area contributed by atoms with Crippen LogP contribution < -0.4 is 0 Å². The first-order valence-electron chi connectivity index (χ1n) is 5.05. The van der Waals surface area contributed by atoms with E-state index in [1.165, 1.54) is 23.7 Å².